The van der Waals surface area contributed by atoms with Gasteiger partial charge < -0.3 is 19.7 Å². The minimum atomic E-state index is -4.18. The number of methoxy groups -OCH3 is 2. The Balaban J connectivity index is 2.10. The molecule has 39 heavy (non-hydrogen) atoms. The van der Waals surface area contributed by atoms with Gasteiger partial charge in [0.25, 0.3) is 10.0 Å². The second-order valence-corrected chi connectivity index (χ2v) is 10.8. The number of carbonyl (C=O) groups excluding carboxylic acids is 2. The first-order valence-corrected chi connectivity index (χ1v) is 14.0. The van der Waals surface area contributed by atoms with Gasteiger partial charge in [-0.2, -0.15) is 0 Å². The first kappa shape index (κ1) is 29.5. The number of nitrogens with one attached hydrogen (secondary N) is 1. The van der Waals surface area contributed by atoms with E-state index in [0.717, 1.165) is 15.4 Å². The summed E-state index contributed by atoms with van der Waals surface area (Å²) in [6.07, 6.45) is 0.334. The number of hydrogen-bond acceptors (Lipinski definition) is 6. The predicted octanol–water partition coefficient (Wildman–Crippen LogP) is 3.76. The van der Waals surface area contributed by atoms with E-state index in [9.17, 15) is 18.0 Å². The van der Waals surface area contributed by atoms with E-state index >= 15 is 0 Å². The van der Waals surface area contributed by atoms with E-state index in [1.807, 2.05) is 6.92 Å². The Kier molecular flexibility index (Phi) is 9.95. The van der Waals surface area contributed by atoms with Crippen LogP contribution in [0.15, 0.2) is 77.7 Å². The number of rotatable bonds is 12. The third-order valence-electron chi connectivity index (χ3n) is 6.36. The van der Waals surface area contributed by atoms with E-state index in [0.29, 0.717) is 17.9 Å². The number of aryl methyl sites for hydroxylation is 1. The van der Waals surface area contributed by atoms with Gasteiger partial charge in [0.1, 0.15) is 24.1 Å². The number of benzene rings is 3. The van der Waals surface area contributed by atoms with E-state index in [-0.39, 0.29) is 23.0 Å². The fraction of sp³-hybridized carbons (Fsp3) is 0.310. The normalized spacial score (nSPS) is 11.8. The van der Waals surface area contributed by atoms with Crippen molar-refractivity contribution in [3.8, 4) is 11.5 Å². The molecule has 3 aromatic rings. The molecule has 0 saturated heterocycles. The van der Waals surface area contributed by atoms with Gasteiger partial charge in [-0.05, 0) is 60.9 Å². The number of sulfonamides is 1. The Labute approximate surface area is 230 Å². The summed E-state index contributed by atoms with van der Waals surface area (Å²) in [6.45, 7) is 3.18. The topological polar surface area (TPSA) is 105 Å². The quantitative estimate of drug-likeness (QED) is 0.366. The standard InChI is InChI=1S/C29H35N3O6S/c1-6-25(29(34)30-3)31(19-22-13-15-23(37-4)16-14-22)28(33)20-32(26-18-21(2)12-17-27(26)38-5)39(35,36)24-10-8-7-9-11-24/h7-18,25H,6,19-20H2,1-5H3,(H,30,34). The van der Waals surface area contributed by atoms with Crippen molar-refractivity contribution in [3.05, 3.63) is 83.9 Å². The van der Waals surface area contributed by atoms with E-state index < -0.39 is 28.5 Å². The van der Waals surface area contributed by atoms with Gasteiger partial charge in [0, 0.05) is 13.6 Å². The smallest absolute Gasteiger partial charge is 0.264 e. The highest BCUT2D eigenvalue weighted by Gasteiger charge is 2.34. The number of hydrogen-bond donors (Lipinski definition) is 1. The lowest BCUT2D eigenvalue weighted by atomic mass is 10.1. The van der Waals surface area contributed by atoms with Gasteiger partial charge in [-0.3, -0.25) is 13.9 Å². The molecule has 0 aliphatic rings. The van der Waals surface area contributed by atoms with E-state index in [4.69, 9.17) is 9.47 Å². The monoisotopic (exact) mass is 553 g/mol. The summed E-state index contributed by atoms with van der Waals surface area (Å²) in [5, 5.41) is 2.62. The Morgan fingerprint density at radius 2 is 1.62 bits per heavy atom. The lowest BCUT2D eigenvalue weighted by Crippen LogP contribution is -2.51. The molecule has 1 atom stereocenters. The molecule has 1 unspecified atom stereocenters. The minimum absolute atomic E-state index is 0.0291. The average molecular weight is 554 g/mol. The molecule has 0 heterocycles. The third kappa shape index (κ3) is 6.88. The van der Waals surface area contributed by atoms with Crippen LogP contribution in [0, 0.1) is 6.92 Å². The van der Waals surface area contributed by atoms with Crippen molar-refractivity contribution < 1.29 is 27.5 Å². The van der Waals surface area contributed by atoms with Gasteiger partial charge >= 0.3 is 0 Å². The van der Waals surface area contributed by atoms with E-state index in [2.05, 4.69) is 5.32 Å². The van der Waals surface area contributed by atoms with Crippen molar-refractivity contribution in [1.29, 1.82) is 0 Å². The molecular weight excluding hydrogens is 518 g/mol. The summed E-state index contributed by atoms with van der Waals surface area (Å²) in [6, 6.07) is 19.4. The number of anilines is 1. The highest BCUT2D eigenvalue weighted by Crippen LogP contribution is 2.33. The first-order chi connectivity index (χ1) is 18.7. The van der Waals surface area contributed by atoms with Gasteiger partial charge in [0.15, 0.2) is 0 Å². The zero-order chi connectivity index (χ0) is 28.6. The summed E-state index contributed by atoms with van der Waals surface area (Å²) in [4.78, 5) is 28.3. The van der Waals surface area contributed by atoms with Crippen LogP contribution in [-0.2, 0) is 26.2 Å². The number of nitrogens with zero attached hydrogens (tertiary/aromatic N) is 2. The van der Waals surface area contributed by atoms with Crippen LogP contribution in [-0.4, -0.2) is 59.0 Å². The number of carbonyl (C=O) groups is 2. The van der Waals surface area contributed by atoms with Crippen LogP contribution in [0.5, 0.6) is 11.5 Å². The zero-order valence-electron chi connectivity index (χ0n) is 22.9. The van der Waals surface area contributed by atoms with Crippen molar-refractivity contribution in [3.63, 3.8) is 0 Å². The van der Waals surface area contributed by atoms with E-state index in [1.54, 1.807) is 74.7 Å². The number of ether oxygens (including phenoxy) is 2. The summed E-state index contributed by atoms with van der Waals surface area (Å²) in [7, 11) is 0.324. The molecule has 0 aromatic heterocycles. The molecule has 0 aliphatic heterocycles. The van der Waals surface area contributed by atoms with Gasteiger partial charge in [-0.25, -0.2) is 8.42 Å². The highest BCUT2D eigenvalue weighted by atomic mass is 32.2. The molecule has 0 spiro atoms. The van der Waals surface area contributed by atoms with Crippen molar-refractivity contribution in [1.82, 2.24) is 10.2 Å². The van der Waals surface area contributed by atoms with Crippen LogP contribution in [0.4, 0.5) is 5.69 Å². The summed E-state index contributed by atoms with van der Waals surface area (Å²) in [5.41, 5.74) is 1.78. The second-order valence-electron chi connectivity index (χ2n) is 8.91. The average Bonchev–Trinajstić information content (AvgIpc) is 2.96. The molecule has 0 radical (unpaired) electrons. The molecular formula is C29H35N3O6S. The molecule has 208 valence electrons. The van der Waals surface area contributed by atoms with E-state index in [1.165, 1.54) is 31.2 Å². The lowest BCUT2D eigenvalue weighted by Gasteiger charge is -2.33. The number of amides is 2. The molecule has 0 fully saturated rings. The first-order valence-electron chi connectivity index (χ1n) is 12.5. The fourth-order valence-electron chi connectivity index (χ4n) is 4.24. The van der Waals surface area contributed by atoms with Gasteiger partial charge in [0.2, 0.25) is 11.8 Å². The van der Waals surface area contributed by atoms with Crippen LogP contribution in [0.25, 0.3) is 0 Å². The summed E-state index contributed by atoms with van der Waals surface area (Å²) >= 11 is 0. The molecule has 0 aliphatic carbocycles. The van der Waals surface area contributed by atoms with Gasteiger partial charge in [-0.15, -0.1) is 0 Å². The molecule has 3 rings (SSSR count). The maximum atomic E-state index is 14.0. The van der Waals surface area contributed by atoms with Gasteiger partial charge in [-0.1, -0.05) is 43.3 Å². The Morgan fingerprint density at radius 3 is 2.18 bits per heavy atom. The fourth-order valence-corrected chi connectivity index (χ4v) is 5.68. The lowest BCUT2D eigenvalue weighted by molar-refractivity contribution is -0.140. The van der Waals surface area contributed by atoms with Crippen LogP contribution in [0.1, 0.15) is 24.5 Å². The Bertz CT molecular complexity index is 1380. The van der Waals surface area contributed by atoms with Crippen LogP contribution >= 0.6 is 0 Å². The summed E-state index contributed by atoms with van der Waals surface area (Å²) < 4.78 is 39.6. The predicted molar refractivity (Wildman–Crippen MR) is 150 cm³/mol. The summed E-state index contributed by atoms with van der Waals surface area (Å²) in [5.74, 6) is 0.0730. The minimum Gasteiger partial charge on any atom is -0.497 e. The van der Waals surface area contributed by atoms with Crippen molar-refractivity contribution >= 4 is 27.5 Å². The molecule has 0 bridgehead atoms. The van der Waals surface area contributed by atoms with Crippen molar-refractivity contribution in [2.45, 2.75) is 37.8 Å². The zero-order valence-corrected chi connectivity index (χ0v) is 23.7. The second kappa shape index (κ2) is 13.1. The Morgan fingerprint density at radius 1 is 0.949 bits per heavy atom. The molecule has 10 heteroatoms. The number of likely N-dealkylation sites (N-methyl/N-ethyl adjacent to an activating group) is 1. The molecule has 3 aromatic carbocycles. The third-order valence-corrected chi connectivity index (χ3v) is 8.13. The molecule has 0 saturated carbocycles. The van der Waals surface area contributed by atoms with Gasteiger partial charge in [0.05, 0.1) is 24.8 Å². The maximum Gasteiger partial charge on any atom is 0.264 e. The molecule has 2 amide bonds. The van der Waals surface area contributed by atoms with Crippen LogP contribution in [0.2, 0.25) is 0 Å². The highest BCUT2D eigenvalue weighted by molar-refractivity contribution is 7.92. The molecule has 9 nitrogen and oxygen atoms in total. The van der Waals surface area contributed by atoms with Crippen LogP contribution < -0.4 is 19.1 Å². The Hall–Kier alpha value is -4.05. The SMILES string of the molecule is CCC(C(=O)NC)N(Cc1ccc(OC)cc1)C(=O)CN(c1cc(C)ccc1OC)S(=O)(=O)c1ccccc1. The van der Waals surface area contributed by atoms with Crippen molar-refractivity contribution in [2.75, 3.05) is 32.1 Å². The largest absolute Gasteiger partial charge is 0.497 e. The maximum absolute atomic E-state index is 14.0. The molecule has 1 N–H and O–H groups in total. The van der Waals surface area contributed by atoms with Crippen molar-refractivity contribution in [2.24, 2.45) is 0 Å². The van der Waals surface area contributed by atoms with Crippen LogP contribution in [0.3, 0.4) is 0 Å².